The molecule has 21 heavy (non-hydrogen) atoms. The molecule has 0 saturated carbocycles. The van der Waals surface area contributed by atoms with Crippen molar-refractivity contribution in [1.82, 2.24) is 15.5 Å². The van der Waals surface area contributed by atoms with Gasteiger partial charge in [0.1, 0.15) is 0 Å². The van der Waals surface area contributed by atoms with E-state index in [9.17, 15) is 14.4 Å². The molecule has 0 aromatic carbocycles. The number of carbonyl (C=O) groups excluding carboxylic acids is 3. The molecule has 0 spiro atoms. The van der Waals surface area contributed by atoms with Crippen molar-refractivity contribution in [3.8, 4) is 0 Å². The highest BCUT2D eigenvalue weighted by atomic mass is 35.5. The van der Waals surface area contributed by atoms with Crippen LogP contribution in [-0.4, -0.2) is 53.9 Å². The molecule has 2 rings (SSSR count). The monoisotopic (exact) mass is 335 g/mol. The molecule has 8 heteroatoms. The van der Waals surface area contributed by atoms with E-state index in [4.69, 9.17) is 0 Å². The Morgan fingerprint density at radius 1 is 1.33 bits per heavy atom. The molecule has 6 nitrogen and oxygen atoms in total. The number of nitrogens with one attached hydrogen (secondary N) is 2. The smallest absolute Gasteiger partial charge is 0.288 e. The van der Waals surface area contributed by atoms with Gasteiger partial charge in [-0.25, -0.2) is 0 Å². The Labute approximate surface area is 135 Å². The maximum absolute atomic E-state index is 11.7. The van der Waals surface area contributed by atoms with Gasteiger partial charge in [0, 0.05) is 19.5 Å². The lowest BCUT2D eigenvalue weighted by Gasteiger charge is -2.22. The molecule has 0 aliphatic carbocycles. The summed E-state index contributed by atoms with van der Waals surface area (Å²) in [7, 11) is 0. The number of imide groups is 1. The Morgan fingerprint density at radius 2 is 2.05 bits per heavy atom. The van der Waals surface area contributed by atoms with Gasteiger partial charge in [-0.2, -0.15) is 0 Å². The van der Waals surface area contributed by atoms with Crippen molar-refractivity contribution in [2.75, 3.05) is 31.9 Å². The lowest BCUT2D eigenvalue weighted by molar-refractivity contribution is -0.125. The van der Waals surface area contributed by atoms with Crippen LogP contribution in [0.5, 0.6) is 0 Å². The quantitative estimate of drug-likeness (QED) is 0.757. The second kappa shape index (κ2) is 9.27. The number of piperidine rings is 1. The van der Waals surface area contributed by atoms with E-state index in [1.165, 1.54) is 4.90 Å². The fourth-order valence-corrected chi connectivity index (χ4v) is 3.25. The van der Waals surface area contributed by atoms with Crippen LogP contribution in [0.25, 0.3) is 0 Å². The number of nitrogens with zero attached hydrogens (tertiary/aromatic N) is 1. The van der Waals surface area contributed by atoms with Crippen molar-refractivity contribution in [2.45, 2.75) is 25.7 Å². The third-order valence-corrected chi connectivity index (χ3v) is 4.60. The number of hydrogen-bond donors (Lipinski definition) is 2. The molecule has 2 N–H and O–H groups in total. The van der Waals surface area contributed by atoms with Crippen molar-refractivity contribution < 1.29 is 14.4 Å². The summed E-state index contributed by atoms with van der Waals surface area (Å²) in [6.07, 6.45) is 3.73. The Hall–Kier alpha value is -0.790. The van der Waals surface area contributed by atoms with Gasteiger partial charge >= 0.3 is 0 Å². The van der Waals surface area contributed by atoms with Crippen LogP contribution in [0.2, 0.25) is 0 Å². The first-order chi connectivity index (χ1) is 9.66. The molecule has 2 saturated heterocycles. The Morgan fingerprint density at radius 3 is 2.67 bits per heavy atom. The lowest BCUT2D eigenvalue weighted by atomic mass is 9.93. The summed E-state index contributed by atoms with van der Waals surface area (Å²) in [4.78, 5) is 35.6. The van der Waals surface area contributed by atoms with Crippen molar-refractivity contribution in [3.05, 3.63) is 0 Å². The molecule has 0 aromatic heterocycles. The first-order valence-electron chi connectivity index (χ1n) is 7.11. The molecule has 120 valence electrons. The predicted octanol–water partition coefficient (Wildman–Crippen LogP) is 1.000. The Balaban J connectivity index is 0.00000220. The maximum atomic E-state index is 11.7. The summed E-state index contributed by atoms with van der Waals surface area (Å²) >= 11 is 1.02. The highest BCUT2D eigenvalue weighted by Gasteiger charge is 2.29. The van der Waals surface area contributed by atoms with Gasteiger partial charge in [0.05, 0.1) is 5.75 Å². The van der Waals surface area contributed by atoms with E-state index in [0.29, 0.717) is 18.9 Å². The number of hydrogen-bond acceptors (Lipinski definition) is 5. The number of rotatable bonds is 6. The number of amides is 3. The number of halogens is 1. The van der Waals surface area contributed by atoms with Crippen LogP contribution in [0.4, 0.5) is 4.79 Å². The molecular weight excluding hydrogens is 314 g/mol. The van der Waals surface area contributed by atoms with Crippen molar-refractivity contribution in [2.24, 2.45) is 5.92 Å². The van der Waals surface area contributed by atoms with E-state index in [-0.39, 0.29) is 41.8 Å². The van der Waals surface area contributed by atoms with Crippen molar-refractivity contribution >= 4 is 41.2 Å². The second-order valence-electron chi connectivity index (χ2n) is 5.18. The minimum absolute atomic E-state index is 0. The average Bonchev–Trinajstić information content (AvgIpc) is 2.78. The molecule has 0 radical (unpaired) electrons. The molecule has 2 aliphatic rings. The minimum Gasteiger partial charge on any atom is -0.354 e. The van der Waals surface area contributed by atoms with Crippen LogP contribution in [0, 0.1) is 5.92 Å². The van der Waals surface area contributed by atoms with Gasteiger partial charge in [-0.3, -0.25) is 19.3 Å². The summed E-state index contributed by atoms with van der Waals surface area (Å²) in [5.41, 5.74) is 0. The summed E-state index contributed by atoms with van der Waals surface area (Å²) in [6.45, 7) is 2.72. The largest absolute Gasteiger partial charge is 0.354 e. The number of carbonyl (C=O) groups is 3. The normalized spacial score (nSPS) is 19.5. The zero-order valence-electron chi connectivity index (χ0n) is 11.9. The summed E-state index contributed by atoms with van der Waals surface area (Å²) in [6, 6.07) is 0. The van der Waals surface area contributed by atoms with Gasteiger partial charge in [-0.05, 0) is 38.3 Å². The maximum Gasteiger partial charge on any atom is 0.288 e. The van der Waals surface area contributed by atoms with Gasteiger partial charge in [0.25, 0.3) is 5.24 Å². The molecule has 0 aromatic rings. The molecule has 2 fully saturated rings. The van der Waals surface area contributed by atoms with E-state index < -0.39 is 0 Å². The van der Waals surface area contributed by atoms with Crippen LogP contribution < -0.4 is 10.6 Å². The first kappa shape index (κ1) is 18.3. The van der Waals surface area contributed by atoms with E-state index in [1.807, 2.05) is 0 Å². The highest BCUT2D eigenvalue weighted by molar-refractivity contribution is 8.14. The van der Waals surface area contributed by atoms with Crippen LogP contribution in [0.3, 0.4) is 0 Å². The third kappa shape index (κ3) is 5.84. The molecule has 3 amide bonds. The van der Waals surface area contributed by atoms with Gasteiger partial charge in [0.2, 0.25) is 11.8 Å². The van der Waals surface area contributed by atoms with E-state index in [1.54, 1.807) is 0 Å². The molecule has 2 heterocycles. The van der Waals surface area contributed by atoms with E-state index in [2.05, 4.69) is 10.6 Å². The van der Waals surface area contributed by atoms with Crippen molar-refractivity contribution in [3.63, 3.8) is 0 Å². The van der Waals surface area contributed by atoms with E-state index >= 15 is 0 Å². The average molecular weight is 336 g/mol. The zero-order valence-corrected chi connectivity index (χ0v) is 13.6. The summed E-state index contributed by atoms with van der Waals surface area (Å²) in [5, 5.41) is 5.88. The van der Waals surface area contributed by atoms with Gasteiger partial charge < -0.3 is 10.6 Å². The van der Waals surface area contributed by atoms with Crippen molar-refractivity contribution in [1.29, 1.82) is 0 Å². The molecule has 0 bridgehead atoms. The topological polar surface area (TPSA) is 78.5 Å². The van der Waals surface area contributed by atoms with Gasteiger partial charge in [-0.15, -0.1) is 12.4 Å². The predicted molar refractivity (Wildman–Crippen MR) is 84.7 cm³/mol. The Bertz CT molecular complexity index is 373. The van der Waals surface area contributed by atoms with Gasteiger partial charge in [-0.1, -0.05) is 11.8 Å². The Kier molecular flexibility index (Phi) is 8.06. The minimum atomic E-state index is -0.209. The summed E-state index contributed by atoms with van der Waals surface area (Å²) < 4.78 is 0. The first-order valence-corrected chi connectivity index (χ1v) is 8.10. The lowest BCUT2D eigenvalue weighted by Crippen LogP contribution is -2.37. The third-order valence-electron chi connectivity index (χ3n) is 3.74. The van der Waals surface area contributed by atoms with Gasteiger partial charge in [0.15, 0.2) is 0 Å². The standard InChI is InChI=1S/C13H21N3O3S.ClH/c17-11(2-1-10-3-5-14-6-4-10)15-7-8-16-12(18)9-20-13(16)19;/h10,14H,1-9H2,(H,15,17);1H. The molecular formula is C13H22ClN3O3S. The zero-order chi connectivity index (χ0) is 14.4. The van der Waals surface area contributed by atoms with Crippen LogP contribution in [-0.2, 0) is 9.59 Å². The van der Waals surface area contributed by atoms with Crippen LogP contribution >= 0.6 is 24.2 Å². The highest BCUT2D eigenvalue weighted by Crippen LogP contribution is 2.18. The van der Waals surface area contributed by atoms with E-state index in [0.717, 1.165) is 44.1 Å². The van der Waals surface area contributed by atoms with Crippen LogP contribution in [0.15, 0.2) is 0 Å². The second-order valence-corrected chi connectivity index (χ2v) is 6.11. The molecule has 0 unspecified atom stereocenters. The molecule has 2 aliphatic heterocycles. The number of thioether (sulfide) groups is 1. The SMILES string of the molecule is Cl.O=C(CCC1CCNCC1)NCCN1C(=O)CSC1=O. The fourth-order valence-electron chi connectivity index (χ4n) is 2.50. The summed E-state index contributed by atoms with van der Waals surface area (Å²) in [5.74, 6) is 0.710. The van der Waals surface area contributed by atoms with Crippen LogP contribution in [0.1, 0.15) is 25.7 Å². The fraction of sp³-hybridized carbons (Fsp3) is 0.769. The molecule has 0 atom stereocenters.